The van der Waals surface area contributed by atoms with Crippen LogP contribution in [0.25, 0.3) is 0 Å². The van der Waals surface area contributed by atoms with E-state index in [0.717, 1.165) is 23.9 Å². The van der Waals surface area contributed by atoms with Gasteiger partial charge in [0.1, 0.15) is 6.33 Å². The molecular formula is C11H14N4S. The highest BCUT2D eigenvalue weighted by molar-refractivity contribution is 7.99. The second-order valence-corrected chi connectivity index (χ2v) is 4.37. The van der Waals surface area contributed by atoms with Crippen LogP contribution in [-0.4, -0.2) is 27.5 Å². The first-order valence-electron chi connectivity index (χ1n) is 5.22. The third-order valence-electron chi connectivity index (χ3n) is 2.06. The van der Waals surface area contributed by atoms with Gasteiger partial charge in [-0.2, -0.15) is 5.10 Å². The summed E-state index contributed by atoms with van der Waals surface area (Å²) in [5.74, 6) is 1.04. The Balaban J connectivity index is 1.59. The van der Waals surface area contributed by atoms with Gasteiger partial charge in [-0.1, -0.05) is 30.0 Å². The summed E-state index contributed by atoms with van der Waals surface area (Å²) in [4.78, 5) is 4.05. The molecule has 0 unspecified atom stereocenters. The largest absolute Gasteiger partial charge is 0.385 e. The number of para-hydroxylation sites is 1. The number of H-pyrrole nitrogens is 1. The van der Waals surface area contributed by atoms with Crippen molar-refractivity contribution in [2.45, 2.75) is 11.6 Å². The summed E-state index contributed by atoms with van der Waals surface area (Å²) in [5.41, 5.74) is 1.17. The van der Waals surface area contributed by atoms with Crippen molar-refractivity contribution in [3.63, 3.8) is 0 Å². The van der Waals surface area contributed by atoms with Crippen LogP contribution >= 0.6 is 11.8 Å². The lowest BCUT2D eigenvalue weighted by Gasteiger charge is -2.04. The van der Waals surface area contributed by atoms with Gasteiger partial charge in [-0.25, -0.2) is 4.98 Å². The third kappa shape index (κ3) is 3.58. The maximum absolute atomic E-state index is 4.05. The van der Waals surface area contributed by atoms with Gasteiger partial charge in [0.15, 0.2) is 5.16 Å². The van der Waals surface area contributed by atoms with Gasteiger partial charge >= 0.3 is 0 Å². The number of aromatic amines is 1. The predicted octanol–water partition coefficient (Wildman–Crippen LogP) is 2.40. The summed E-state index contributed by atoms with van der Waals surface area (Å²) in [6, 6.07) is 10.2. The minimum absolute atomic E-state index is 0.889. The second kappa shape index (κ2) is 6.17. The average Bonchev–Trinajstić information content (AvgIpc) is 2.83. The predicted molar refractivity (Wildman–Crippen MR) is 66.7 cm³/mol. The molecule has 0 amide bonds. The number of thioether (sulfide) groups is 1. The third-order valence-corrected chi connectivity index (χ3v) is 3.02. The first-order valence-corrected chi connectivity index (χ1v) is 6.21. The van der Waals surface area contributed by atoms with Crippen molar-refractivity contribution in [3.05, 3.63) is 36.7 Å². The van der Waals surface area contributed by atoms with Crippen LogP contribution in [0.5, 0.6) is 0 Å². The fourth-order valence-electron chi connectivity index (χ4n) is 1.29. The SMILES string of the molecule is c1ccc(NCCCSc2ncn[nH]2)cc1. The first-order chi connectivity index (χ1) is 7.95. The van der Waals surface area contributed by atoms with Crippen LogP contribution in [0.4, 0.5) is 5.69 Å². The number of nitrogens with one attached hydrogen (secondary N) is 2. The van der Waals surface area contributed by atoms with Crippen LogP contribution in [0.15, 0.2) is 41.8 Å². The monoisotopic (exact) mass is 234 g/mol. The summed E-state index contributed by atoms with van der Waals surface area (Å²) in [5, 5.41) is 10.9. The van der Waals surface area contributed by atoms with E-state index in [1.165, 1.54) is 12.0 Å². The first kappa shape index (κ1) is 11.0. The minimum Gasteiger partial charge on any atom is -0.385 e. The Labute approximate surface area is 98.9 Å². The van der Waals surface area contributed by atoms with Gasteiger partial charge in [0.05, 0.1) is 0 Å². The van der Waals surface area contributed by atoms with Crippen LogP contribution < -0.4 is 5.32 Å². The molecule has 0 radical (unpaired) electrons. The fraction of sp³-hybridized carbons (Fsp3) is 0.273. The lowest BCUT2D eigenvalue weighted by molar-refractivity contribution is 0.954. The quantitative estimate of drug-likeness (QED) is 0.595. The lowest BCUT2D eigenvalue weighted by atomic mass is 10.3. The highest BCUT2D eigenvalue weighted by atomic mass is 32.2. The number of hydrogen-bond donors (Lipinski definition) is 2. The van der Waals surface area contributed by atoms with Crippen LogP contribution in [-0.2, 0) is 0 Å². The standard InChI is InChI=1S/C11H14N4S/c1-2-5-10(6-3-1)12-7-4-8-16-11-13-9-14-15-11/h1-3,5-6,9,12H,4,7-8H2,(H,13,14,15). The maximum Gasteiger partial charge on any atom is 0.183 e. The van der Waals surface area contributed by atoms with E-state index in [1.807, 2.05) is 18.2 Å². The van der Waals surface area contributed by atoms with E-state index in [9.17, 15) is 0 Å². The Morgan fingerprint density at radius 3 is 2.88 bits per heavy atom. The number of hydrogen-bond acceptors (Lipinski definition) is 4. The molecule has 0 atom stereocenters. The number of anilines is 1. The van der Waals surface area contributed by atoms with Gasteiger partial charge in [0, 0.05) is 18.0 Å². The van der Waals surface area contributed by atoms with Crippen molar-refractivity contribution in [2.24, 2.45) is 0 Å². The molecular weight excluding hydrogens is 220 g/mol. The molecule has 0 fully saturated rings. The van der Waals surface area contributed by atoms with Crippen molar-refractivity contribution in [1.82, 2.24) is 15.2 Å². The zero-order valence-electron chi connectivity index (χ0n) is 8.89. The van der Waals surface area contributed by atoms with E-state index in [1.54, 1.807) is 11.8 Å². The molecule has 0 aliphatic heterocycles. The van der Waals surface area contributed by atoms with Crippen molar-refractivity contribution >= 4 is 17.4 Å². The Bertz CT molecular complexity index is 388. The molecule has 0 saturated carbocycles. The van der Waals surface area contributed by atoms with Gasteiger partial charge in [-0.3, -0.25) is 5.10 Å². The minimum atomic E-state index is 0.889. The fourth-order valence-corrected chi connectivity index (χ4v) is 2.01. The van der Waals surface area contributed by atoms with Gasteiger partial charge in [-0.15, -0.1) is 0 Å². The molecule has 1 aromatic carbocycles. The number of aromatic nitrogens is 3. The van der Waals surface area contributed by atoms with E-state index in [4.69, 9.17) is 0 Å². The van der Waals surface area contributed by atoms with E-state index in [-0.39, 0.29) is 0 Å². The molecule has 0 spiro atoms. The molecule has 0 bridgehead atoms. The summed E-state index contributed by atoms with van der Waals surface area (Å²) in [6.45, 7) is 0.977. The smallest absolute Gasteiger partial charge is 0.183 e. The summed E-state index contributed by atoms with van der Waals surface area (Å²) in [6.07, 6.45) is 2.63. The number of nitrogens with zero attached hydrogens (tertiary/aromatic N) is 2. The molecule has 2 aromatic rings. The highest BCUT2D eigenvalue weighted by Gasteiger charge is 1.95. The molecule has 0 saturated heterocycles. The Morgan fingerprint density at radius 1 is 1.25 bits per heavy atom. The molecule has 2 N–H and O–H groups in total. The second-order valence-electron chi connectivity index (χ2n) is 3.29. The average molecular weight is 234 g/mol. The zero-order valence-corrected chi connectivity index (χ0v) is 9.70. The Hall–Kier alpha value is -1.49. The van der Waals surface area contributed by atoms with Crippen LogP contribution in [0, 0.1) is 0 Å². The summed E-state index contributed by atoms with van der Waals surface area (Å²) >= 11 is 1.69. The maximum atomic E-state index is 4.05. The molecule has 4 nitrogen and oxygen atoms in total. The molecule has 1 heterocycles. The Kier molecular flexibility index (Phi) is 4.25. The van der Waals surface area contributed by atoms with Crippen LogP contribution in [0.1, 0.15) is 6.42 Å². The Morgan fingerprint density at radius 2 is 2.12 bits per heavy atom. The molecule has 5 heteroatoms. The molecule has 2 rings (SSSR count). The topological polar surface area (TPSA) is 53.6 Å². The molecule has 84 valence electrons. The van der Waals surface area contributed by atoms with Crippen molar-refractivity contribution in [1.29, 1.82) is 0 Å². The highest BCUT2D eigenvalue weighted by Crippen LogP contribution is 2.12. The molecule has 0 aliphatic rings. The molecule has 1 aromatic heterocycles. The van der Waals surface area contributed by atoms with Gasteiger partial charge in [-0.05, 0) is 18.6 Å². The molecule has 0 aliphatic carbocycles. The van der Waals surface area contributed by atoms with Crippen LogP contribution in [0.3, 0.4) is 0 Å². The lowest BCUT2D eigenvalue weighted by Crippen LogP contribution is -2.02. The van der Waals surface area contributed by atoms with E-state index >= 15 is 0 Å². The molecule has 16 heavy (non-hydrogen) atoms. The van der Waals surface area contributed by atoms with Gasteiger partial charge in [0.25, 0.3) is 0 Å². The zero-order chi connectivity index (χ0) is 11.1. The van der Waals surface area contributed by atoms with Crippen molar-refractivity contribution in [2.75, 3.05) is 17.6 Å². The van der Waals surface area contributed by atoms with E-state index in [0.29, 0.717) is 0 Å². The van der Waals surface area contributed by atoms with Gasteiger partial charge < -0.3 is 5.32 Å². The number of rotatable bonds is 6. The number of benzene rings is 1. The summed E-state index contributed by atoms with van der Waals surface area (Å²) < 4.78 is 0. The van der Waals surface area contributed by atoms with Crippen molar-refractivity contribution < 1.29 is 0 Å². The van der Waals surface area contributed by atoms with Gasteiger partial charge in [0.2, 0.25) is 0 Å². The van der Waals surface area contributed by atoms with Crippen LogP contribution in [0.2, 0.25) is 0 Å². The van der Waals surface area contributed by atoms with E-state index < -0.39 is 0 Å². The summed E-state index contributed by atoms with van der Waals surface area (Å²) in [7, 11) is 0. The van der Waals surface area contributed by atoms with E-state index in [2.05, 4.69) is 32.6 Å². The van der Waals surface area contributed by atoms with Crippen molar-refractivity contribution in [3.8, 4) is 0 Å². The normalized spacial score (nSPS) is 10.2.